The minimum absolute atomic E-state index is 0. The van der Waals surface area contributed by atoms with Crippen LogP contribution in [-0.2, 0) is 0 Å². The maximum atomic E-state index is 7.33. The Labute approximate surface area is 94.1 Å². The van der Waals surface area contributed by atoms with Crippen molar-refractivity contribution in [3.8, 4) is 0 Å². The number of halogens is 1. The molecule has 0 atom stereocenters. The standard InChI is InChI=1S/C8H8NO.ClH.Mg/c1-2-4-7(9)8-5-3-6-10-8;;/h2-6,9H,1H2;1H;/q-1;;+2/p-1/b7-4-;;. The molecule has 0 aliphatic carbocycles. The van der Waals surface area contributed by atoms with Crippen LogP contribution in [-0.4, -0.2) is 23.1 Å². The van der Waals surface area contributed by atoms with Gasteiger partial charge in [0.1, 0.15) is 5.76 Å². The number of hydrogen-bond donors (Lipinski definition) is 0. The molecular formula is C8H8ClMgNO. The average molecular weight is 194 g/mol. The van der Waals surface area contributed by atoms with E-state index in [2.05, 4.69) is 6.58 Å². The zero-order valence-electron chi connectivity index (χ0n) is 6.59. The number of furan rings is 1. The van der Waals surface area contributed by atoms with Crippen molar-refractivity contribution in [2.24, 2.45) is 0 Å². The Balaban J connectivity index is 0. The molecule has 1 aromatic rings. The first-order valence-corrected chi connectivity index (χ1v) is 2.93. The van der Waals surface area contributed by atoms with Gasteiger partial charge >= 0.3 is 23.1 Å². The Morgan fingerprint density at radius 1 is 1.58 bits per heavy atom. The molecule has 0 aliphatic heterocycles. The summed E-state index contributed by atoms with van der Waals surface area (Å²) in [5.41, 5.74) is 7.67. The first-order valence-electron chi connectivity index (χ1n) is 2.93. The molecule has 0 bridgehead atoms. The van der Waals surface area contributed by atoms with Crippen LogP contribution in [0.3, 0.4) is 0 Å². The number of allylic oxidation sites excluding steroid dienone is 2. The summed E-state index contributed by atoms with van der Waals surface area (Å²) >= 11 is 0. The van der Waals surface area contributed by atoms with Crippen molar-refractivity contribution < 1.29 is 16.8 Å². The van der Waals surface area contributed by atoms with Gasteiger partial charge in [-0.05, 0) is 12.1 Å². The molecule has 0 amide bonds. The van der Waals surface area contributed by atoms with E-state index in [1.165, 1.54) is 0 Å². The van der Waals surface area contributed by atoms with E-state index in [0.29, 0.717) is 11.5 Å². The van der Waals surface area contributed by atoms with E-state index in [1.54, 1.807) is 30.5 Å². The second-order valence-electron chi connectivity index (χ2n) is 1.79. The summed E-state index contributed by atoms with van der Waals surface area (Å²) in [7, 11) is 0. The molecule has 2 nitrogen and oxygen atoms in total. The van der Waals surface area contributed by atoms with Crippen molar-refractivity contribution in [2.45, 2.75) is 0 Å². The van der Waals surface area contributed by atoms with Gasteiger partial charge in [-0.3, -0.25) is 0 Å². The Hall–Kier alpha value is -0.384. The maximum absolute atomic E-state index is 7.33. The predicted molar refractivity (Wildman–Crippen MR) is 47.0 cm³/mol. The largest absolute Gasteiger partial charge is 2.00 e. The average Bonchev–Trinajstić information content (AvgIpc) is 2.38. The summed E-state index contributed by atoms with van der Waals surface area (Å²) in [5.74, 6) is 0.569. The van der Waals surface area contributed by atoms with Crippen LogP contribution in [0.4, 0.5) is 0 Å². The van der Waals surface area contributed by atoms with Crippen LogP contribution in [0, 0.1) is 0 Å². The molecule has 0 fully saturated rings. The molecule has 1 heterocycles. The van der Waals surface area contributed by atoms with Crippen LogP contribution >= 0.6 is 0 Å². The second-order valence-corrected chi connectivity index (χ2v) is 1.79. The van der Waals surface area contributed by atoms with E-state index in [-0.39, 0.29) is 35.5 Å². The maximum Gasteiger partial charge on any atom is 2.00 e. The molecule has 0 aliphatic rings. The molecule has 0 saturated carbocycles. The van der Waals surface area contributed by atoms with E-state index in [4.69, 9.17) is 10.2 Å². The Morgan fingerprint density at radius 3 is 2.67 bits per heavy atom. The van der Waals surface area contributed by atoms with Gasteiger partial charge in [0.25, 0.3) is 0 Å². The summed E-state index contributed by atoms with van der Waals surface area (Å²) in [6.07, 6.45) is 4.69. The third kappa shape index (κ3) is 3.85. The van der Waals surface area contributed by atoms with Gasteiger partial charge in [0, 0.05) is 0 Å². The second kappa shape index (κ2) is 7.28. The quantitative estimate of drug-likeness (QED) is 0.461. The summed E-state index contributed by atoms with van der Waals surface area (Å²) < 4.78 is 4.94. The van der Waals surface area contributed by atoms with Crippen molar-refractivity contribution in [1.82, 2.24) is 0 Å². The number of hydrogen-bond acceptors (Lipinski definition) is 1. The van der Waals surface area contributed by atoms with Crippen LogP contribution in [0.5, 0.6) is 0 Å². The minimum atomic E-state index is 0. The van der Waals surface area contributed by atoms with E-state index in [1.807, 2.05) is 0 Å². The van der Waals surface area contributed by atoms with Gasteiger partial charge in [0.2, 0.25) is 0 Å². The molecule has 0 aromatic carbocycles. The monoisotopic (exact) mass is 193 g/mol. The van der Waals surface area contributed by atoms with Crippen LogP contribution in [0.1, 0.15) is 5.76 Å². The fourth-order valence-electron chi connectivity index (χ4n) is 0.632. The predicted octanol–water partition coefficient (Wildman–Crippen LogP) is -0.518. The molecular weight excluding hydrogens is 186 g/mol. The molecule has 0 saturated heterocycles. The zero-order valence-corrected chi connectivity index (χ0v) is 8.76. The molecule has 0 spiro atoms. The van der Waals surface area contributed by atoms with Crippen molar-refractivity contribution in [3.63, 3.8) is 0 Å². The topological polar surface area (TPSA) is 36.9 Å². The summed E-state index contributed by atoms with van der Waals surface area (Å²) in [6.45, 7) is 3.47. The molecule has 4 heteroatoms. The van der Waals surface area contributed by atoms with Gasteiger partial charge < -0.3 is 22.6 Å². The van der Waals surface area contributed by atoms with Crippen LogP contribution in [0.2, 0.25) is 0 Å². The van der Waals surface area contributed by atoms with Crippen molar-refractivity contribution in [2.75, 3.05) is 0 Å². The Bertz CT molecular complexity index is 244. The van der Waals surface area contributed by atoms with Gasteiger partial charge in [-0.15, -0.1) is 0 Å². The Morgan fingerprint density at radius 2 is 2.25 bits per heavy atom. The van der Waals surface area contributed by atoms with Gasteiger partial charge in [-0.25, -0.2) is 0 Å². The SMILES string of the molecule is C=C/C=C(\[NH-])c1ccco1.[Cl-].[Mg+2]. The number of nitrogens with one attached hydrogen (secondary N) is 1. The smallest absolute Gasteiger partial charge is 1.00 e. The van der Waals surface area contributed by atoms with Crippen LogP contribution < -0.4 is 12.4 Å². The van der Waals surface area contributed by atoms with Crippen LogP contribution in [0.15, 0.2) is 41.5 Å². The molecule has 1 N–H and O–H groups in total. The van der Waals surface area contributed by atoms with E-state index < -0.39 is 0 Å². The molecule has 1 aromatic heterocycles. The fraction of sp³-hybridized carbons (Fsp3) is 0. The summed E-state index contributed by atoms with van der Waals surface area (Å²) in [5, 5.41) is 0. The molecule has 0 radical (unpaired) electrons. The van der Waals surface area contributed by atoms with Crippen molar-refractivity contribution >= 4 is 28.7 Å². The van der Waals surface area contributed by atoms with Gasteiger partial charge in [0.05, 0.1) is 6.26 Å². The third-order valence-corrected chi connectivity index (χ3v) is 1.07. The molecule has 0 unspecified atom stereocenters. The molecule has 60 valence electrons. The normalized spacial score (nSPS) is 9.50. The zero-order chi connectivity index (χ0) is 7.40. The first-order chi connectivity index (χ1) is 4.84. The van der Waals surface area contributed by atoms with Gasteiger partial charge in [-0.2, -0.15) is 0 Å². The fourth-order valence-corrected chi connectivity index (χ4v) is 0.632. The molecule has 1 rings (SSSR count). The van der Waals surface area contributed by atoms with E-state index in [9.17, 15) is 0 Å². The summed E-state index contributed by atoms with van der Waals surface area (Å²) in [4.78, 5) is 0. The van der Waals surface area contributed by atoms with E-state index in [0.717, 1.165) is 0 Å². The van der Waals surface area contributed by atoms with E-state index >= 15 is 0 Å². The third-order valence-electron chi connectivity index (χ3n) is 1.07. The summed E-state index contributed by atoms with van der Waals surface area (Å²) in [6, 6.07) is 3.49. The number of rotatable bonds is 2. The first kappa shape index (κ1) is 14.2. The molecule has 12 heavy (non-hydrogen) atoms. The minimum Gasteiger partial charge on any atom is -1.00 e. The van der Waals surface area contributed by atoms with Gasteiger partial charge in [-0.1, -0.05) is 24.4 Å². The van der Waals surface area contributed by atoms with Crippen LogP contribution in [0.25, 0.3) is 11.4 Å². The van der Waals surface area contributed by atoms with Crippen molar-refractivity contribution in [1.29, 1.82) is 0 Å². The Kier molecular flexibility index (Phi) is 8.58. The van der Waals surface area contributed by atoms with Crippen molar-refractivity contribution in [3.05, 3.63) is 48.6 Å². The van der Waals surface area contributed by atoms with Gasteiger partial charge in [0.15, 0.2) is 0 Å².